The van der Waals surface area contributed by atoms with Gasteiger partial charge in [0.25, 0.3) is 0 Å². The van der Waals surface area contributed by atoms with Gasteiger partial charge in [0.1, 0.15) is 0 Å². The molecule has 1 aliphatic rings. The van der Waals surface area contributed by atoms with Crippen molar-refractivity contribution in [2.24, 2.45) is 11.3 Å². The average molecular weight is 274 g/mol. The largest absolute Gasteiger partial charge is 0.398 e. The molecule has 0 aliphatic carbocycles. The van der Waals surface area contributed by atoms with E-state index in [4.69, 9.17) is 5.73 Å². The van der Waals surface area contributed by atoms with Crippen molar-refractivity contribution in [1.29, 1.82) is 0 Å². The summed E-state index contributed by atoms with van der Waals surface area (Å²) in [5, 5.41) is 0. The molecule has 112 valence electrons. The maximum absolute atomic E-state index is 6.12. The van der Waals surface area contributed by atoms with E-state index >= 15 is 0 Å². The highest BCUT2D eigenvalue weighted by Gasteiger charge is 2.27. The fraction of sp³-hybridized carbons (Fsp3) is 0.667. The normalized spacial score (nSPS) is 21.7. The molecular formula is C18H30N2. The van der Waals surface area contributed by atoms with E-state index in [9.17, 15) is 0 Å². The molecule has 2 nitrogen and oxygen atoms in total. The Balaban J connectivity index is 1.99. The molecule has 1 fully saturated rings. The molecule has 1 aromatic rings. The second-order valence-electron chi connectivity index (χ2n) is 7.47. The lowest BCUT2D eigenvalue weighted by atomic mass is 9.77. The highest BCUT2D eigenvalue weighted by atomic mass is 15.1. The van der Waals surface area contributed by atoms with Crippen LogP contribution < -0.4 is 5.73 Å². The first kappa shape index (κ1) is 15.4. The molecule has 1 unspecified atom stereocenters. The molecule has 0 aromatic heterocycles. The summed E-state index contributed by atoms with van der Waals surface area (Å²) in [7, 11) is 0. The first-order valence-corrected chi connectivity index (χ1v) is 7.93. The molecule has 2 heteroatoms. The van der Waals surface area contributed by atoms with E-state index in [1.165, 1.54) is 43.5 Å². The zero-order valence-corrected chi connectivity index (χ0v) is 13.6. The SMILES string of the molecule is Cc1ccc(N)c(CN2CCCC(C(C)(C)C)CC2)c1. The van der Waals surface area contributed by atoms with Gasteiger partial charge in [-0.15, -0.1) is 0 Å². The van der Waals surface area contributed by atoms with Gasteiger partial charge in [-0.25, -0.2) is 0 Å². The van der Waals surface area contributed by atoms with Crippen LogP contribution in [0.2, 0.25) is 0 Å². The number of likely N-dealkylation sites (tertiary alicyclic amines) is 1. The van der Waals surface area contributed by atoms with E-state index in [1.807, 2.05) is 6.07 Å². The molecule has 0 saturated carbocycles. The van der Waals surface area contributed by atoms with Crippen LogP contribution in [0.25, 0.3) is 0 Å². The summed E-state index contributed by atoms with van der Waals surface area (Å²) >= 11 is 0. The third kappa shape index (κ3) is 3.99. The molecule has 2 N–H and O–H groups in total. The van der Waals surface area contributed by atoms with Crippen molar-refractivity contribution in [1.82, 2.24) is 4.90 Å². The predicted octanol–water partition coefficient (Wildman–Crippen LogP) is 4.23. The van der Waals surface area contributed by atoms with Gasteiger partial charge in [0, 0.05) is 12.2 Å². The Hall–Kier alpha value is -1.02. The third-order valence-electron chi connectivity index (χ3n) is 4.74. The summed E-state index contributed by atoms with van der Waals surface area (Å²) in [6, 6.07) is 6.37. The first-order chi connectivity index (χ1) is 9.36. The van der Waals surface area contributed by atoms with Gasteiger partial charge in [-0.1, -0.05) is 38.5 Å². The van der Waals surface area contributed by atoms with E-state index in [0.717, 1.165) is 18.2 Å². The van der Waals surface area contributed by atoms with Crippen molar-refractivity contribution in [2.45, 2.75) is 53.5 Å². The molecule has 1 heterocycles. The number of rotatable bonds is 2. The number of nitrogen functional groups attached to an aromatic ring is 1. The summed E-state index contributed by atoms with van der Waals surface area (Å²) in [6.07, 6.45) is 3.99. The molecule has 0 spiro atoms. The predicted molar refractivity (Wildman–Crippen MR) is 87.7 cm³/mol. The maximum Gasteiger partial charge on any atom is 0.0359 e. The fourth-order valence-corrected chi connectivity index (χ4v) is 3.29. The number of benzene rings is 1. The van der Waals surface area contributed by atoms with Crippen molar-refractivity contribution in [3.63, 3.8) is 0 Å². The zero-order chi connectivity index (χ0) is 14.8. The van der Waals surface area contributed by atoms with E-state index < -0.39 is 0 Å². The standard InChI is InChI=1S/C18H30N2/c1-14-7-8-17(19)15(12-14)13-20-10-5-6-16(9-11-20)18(2,3)4/h7-8,12,16H,5-6,9-11,13,19H2,1-4H3. The van der Waals surface area contributed by atoms with E-state index in [-0.39, 0.29) is 0 Å². The quantitative estimate of drug-likeness (QED) is 0.818. The molecule has 1 aromatic carbocycles. The van der Waals surface area contributed by atoms with Crippen molar-refractivity contribution < 1.29 is 0 Å². The smallest absolute Gasteiger partial charge is 0.0359 e. The zero-order valence-electron chi connectivity index (χ0n) is 13.6. The van der Waals surface area contributed by atoms with Crippen LogP contribution in [0.15, 0.2) is 18.2 Å². The summed E-state index contributed by atoms with van der Waals surface area (Å²) < 4.78 is 0. The number of nitrogens with zero attached hydrogens (tertiary/aromatic N) is 1. The van der Waals surface area contributed by atoms with Gasteiger partial charge in [0.15, 0.2) is 0 Å². The Morgan fingerprint density at radius 3 is 2.65 bits per heavy atom. The monoisotopic (exact) mass is 274 g/mol. The Morgan fingerprint density at radius 2 is 1.95 bits per heavy atom. The number of hydrogen-bond donors (Lipinski definition) is 1. The van der Waals surface area contributed by atoms with Crippen LogP contribution in [0.5, 0.6) is 0 Å². The number of aryl methyl sites for hydroxylation is 1. The van der Waals surface area contributed by atoms with Crippen LogP contribution in [0.3, 0.4) is 0 Å². The van der Waals surface area contributed by atoms with E-state index in [0.29, 0.717) is 5.41 Å². The highest BCUT2D eigenvalue weighted by Crippen LogP contribution is 2.34. The van der Waals surface area contributed by atoms with Crippen LogP contribution in [0.1, 0.15) is 51.2 Å². The second-order valence-corrected chi connectivity index (χ2v) is 7.47. The van der Waals surface area contributed by atoms with Crippen LogP contribution in [0, 0.1) is 18.3 Å². The molecule has 0 radical (unpaired) electrons. The maximum atomic E-state index is 6.12. The van der Waals surface area contributed by atoms with E-state index in [2.05, 4.69) is 44.7 Å². The van der Waals surface area contributed by atoms with E-state index in [1.54, 1.807) is 0 Å². The van der Waals surface area contributed by atoms with Crippen LogP contribution in [-0.4, -0.2) is 18.0 Å². The summed E-state index contributed by atoms with van der Waals surface area (Å²) in [5.41, 5.74) is 10.1. The van der Waals surface area contributed by atoms with Gasteiger partial charge < -0.3 is 5.73 Å². The molecule has 1 saturated heterocycles. The Morgan fingerprint density at radius 1 is 1.20 bits per heavy atom. The lowest BCUT2D eigenvalue weighted by Crippen LogP contribution is -2.26. The molecule has 2 rings (SSSR count). The van der Waals surface area contributed by atoms with Crippen molar-refractivity contribution >= 4 is 5.69 Å². The van der Waals surface area contributed by atoms with Crippen molar-refractivity contribution in [2.75, 3.05) is 18.8 Å². The highest BCUT2D eigenvalue weighted by molar-refractivity contribution is 5.48. The lowest BCUT2D eigenvalue weighted by molar-refractivity contribution is 0.206. The van der Waals surface area contributed by atoms with Gasteiger partial charge in [0.05, 0.1) is 0 Å². The lowest BCUT2D eigenvalue weighted by Gasteiger charge is -2.29. The third-order valence-corrected chi connectivity index (χ3v) is 4.74. The Kier molecular flexibility index (Phi) is 4.74. The second kappa shape index (κ2) is 6.17. The molecule has 0 bridgehead atoms. The van der Waals surface area contributed by atoms with Gasteiger partial charge >= 0.3 is 0 Å². The minimum absolute atomic E-state index is 0.443. The number of anilines is 1. The summed E-state index contributed by atoms with van der Waals surface area (Å²) in [6.45, 7) is 12.7. The molecule has 1 atom stereocenters. The number of hydrogen-bond acceptors (Lipinski definition) is 2. The Bertz CT molecular complexity index is 445. The van der Waals surface area contributed by atoms with Gasteiger partial charge in [-0.3, -0.25) is 4.90 Å². The average Bonchev–Trinajstić information content (AvgIpc) is 2.59. The van der Waals surface area contributed by atoms with Gasteiger partial charge in [-0.05, 0) is 62.2 Å². The summed E-state index contributed by atoms with van der Waals surface area (Å²) in [5.74, 6) is 0.849. The minimum Gasteiger partial charge on any atom is -0.398 e. The molecular weight excluding hydrogens is 244 g/mol. The minimum atomic E-state index is 0.443. The van der Waals surface area contributed by atoms with Crippen molar-refractivity contribution in [3.8, 4) is 0 Å². The topological polar surface area (TPSA) is 29.3 Å². The number of nitrogens with two attached hydrogens (primary N) is 1. The molecule has 0 amide bonds. The van der Waals surface area contributed by atoms with Gasteiger partial charge in [-0.2, -0.15) is 0 Å². The van der Waals surface area contributed by atoms with Crippen molar-refractivity contribution in [3.05, 3.63) is 29.3 Å². The summed E-state index contributed by atoms with van der Waals surface area (Å²) in [4.78, 5) is 2.58. The van der Waals surface area contributed by atoms with Crippen LogP contribution >= 0.6 is 0 Å². The van der Waals surface area contributed by atoms with Gasteiger partial charge in [0.2, 0.25) is 0 Å². The molecule has 1 aliphatic heterocycles. The Labute approximate surface area is 124 Å². The van der Waals surface area contributed by atoms with Crippen LogP contribution in [0.4, 0.5) is 5.69 Å². The van der Waals surface area contributed by atoms with Crippen LogP contribution in [-0.2, 0) is 6.54 Å². The first-order valence-electron chi connectivity index (χ1n) is 7.93. The fourth-order valence-electron chi connectivity index (χ4n) is 3.29. The molecule has 20 heavy (non-hydrogen) atoms.